The van der Waals surface area contributed by atoms with E-state index in [4.69, 9.17) is 4.42 Å². The van der Waals surface area contributed by atoms with E-state index in [1.807, 2.05) is 32.0 Å². The zero-order chi connectivity index (χ0) is 18.1. The Hall–Kier alpha value is -2.74. The molecule has 3 aromatic heterocycles. The highest BCUT2D eigenvalue weighted by atomic mass is 16.3. The van der Waals surface area contributed by atoms with Crippen LogP contribution in [0.25, 0.3) is 5.78 Å². The second kappa shape index (κ2) is 6.87. The Morgan fingerprint density at radius 1 is 1.31 bits per heavy atom. The first kappa shape index (κ1) is 16.7. The van der Waals surface area contributed by atoms with Crippen LogP contribution in [-0.4, -0.2) is 50.0 Å². The third-order valence-electron chi connectivity index (χ3n) is 4.73. The predicted octanol–water partition coefficient (Wildman–Crippen LogP) is 1.90. The van der Waals surface area contributed by atoms with Crippen LogP contribution in [0.2, 0.25) is 0 Å². The fraction of sp³-hybridized carbons (Fsp3) is 0.444. The summed E-state index contributed by atoms with van der Waals surface area (Å²) in [7, 11) is 0. The summed E-state index contributed by atoms with van der Waals surface area (Å²) in [6, 6.07) is 5.76. The Kier molecular flexibility index (Phi) is 4.42. The van der Waals surface area contributed by atoms with Gasteiger partial charge in [0.2, 0.25) is 5.82 Å². The van der Waals surface area contributed by atoms with Crippen LogP contribution >= 0.6 is 0 Å². The largest absolute Gasteiger partial charge is 0.468 e. The number of carbonyl (C=O) groups is 1. The summed E-state index contributed by atoms with van der Waals surface area (Å²) < 4.78 is 7.17. The van der Waals surface area contributed by atoms with Gasteiger partial charge in [-0.2, -0.15) is 4.98 Å². The summed E-state index contributed by atoms with van der Waals surface area (Å²) >= 11 is 0. The molecule has 26 heavy (non-hydrogen) atoms. The number of carbonyl (C=O) groups excluding carboxylic acids is 1. The van der Waals surface area contributed by atoms with Crippen LogP contribution in [0.5, 0.6) is 0 Å². The number of aryl methyl sites for hydroxylation is 2. The van der Waals surface area contributed by atoms with Gasteiger partial charge in [0, 0.05) is 17.9 Å². The van der Waals surface area contributed by atoms with E-state index in [0.29, 0.717) is 12.3 Å². The van der Waals surface area contributed by atoms with Crippen molar-refractivity contribution >= 4 is 11.7 Å². The van der Waals surface area contributed by atoms with E-state index in [0.717, 1.165) is 30.2 Å². The van der Waals surface area contributed by atoms with Crippen molar-refractivity contribution in [1.29, 1.82) is 0 Å². The molecule has 1 aliphatic rings. The number of furan rings is 1. The SMILES string of the molecule is Cc1cc(C)n2nc(C(=O)NC[C@@H](c3ccco3)N3CCCC3)nc2n1. The van der Waals surface area contributed by atoms with Crippen molar-refractivity contribution in [1.82, 2.24) is 29.8 Å². The van der Waals surface area contributed by atoms with Crippen LogP contribution in [0, 0.1) is 13.8 Å². The molecule has 1 fully saturated rings. The van der Waals surface area contributed by atoms with E-state index in [2.05, 4.69) is 25.3 Å². The number of hydrogen-bond donors (Lipinski definition) is 1. The van der Waals surface area contributed by atoms with E-state index >= 15 is 0 Å². The highest BCUT2D eigenvalue weighted by Crippen LogP contribution is 2.24. The number of hydrogen-bond acceptors (Lipinski definition) is 6. The fourth-order valence-corrected chi connectivity index (χ4v) is 3.47. The van der Waals surface area contributed by atoms with Crippen molar-refractivity contribution < 1.29 is 9.21 Å². The van der Waals surface area contributed by atoms with Gasteiger partial charge < -0.3 is 9.73 Å². The topological polar surface area (TPSA) is 88.6 Å². The Morgan fingerprint density at radius 2 is 2.12 bits per heavy atom. The maximum atomic E-state index is 12.6. The summed E-state index contributed by atoms with van der Waals surface area (Å²) in [6.07, 6.45) is 4.01. The third-order valence-corrected chi connectivity index (χ3v) is 4.73. The number of amides is 1. The summed E-state index contributed by atoms with van der Waals surface area (Å²) in [5.74, 6) is 1.13. The van der Waals surface area contributed by atoms with Gasteiger partial charge >= 0.3 is 0 Å². The zero-order valence-electron chi connectivity index (χ0n) is 15.0. The fourth-order valence-electron chi connectivity index (χ4n) is 3.47. The number of fused-ring (bicyclic) bond motifs is 1. The van der Waals surface area contributed by atoms with E-state index < -0.39 is 0 Å². The molecule has 1 saturated heterocycles. The lowest BCUT2D eigenvalue weighted by Gasteiger charge is -2.25. The van der Waals surface area contributed by atoms with Crippen molar-refractivity contribution in [2.75, 3.05) is 19.6 Å². The van der Waals surface area contributed by atoms with Crippen LogP contribution in [0.4, 0.5) is 0 Å². The minimum atomic E-state index is -0.302. The molecule has 8 heteroatoms. The molecule has 0 aliphatic carbocycles. The predicted molar refractivity (Wildman–Crippen MR) is 94.8 cm³/mol. The van der Waals surface area contributed by atoms with Gasteiger partial charge in [-0.05, 0) is 58.0 Å². The number of nitrogens with one attached hydrogen (secondary N) is 1. The van der Waals surface area contributed by atoms with Gasteiger partial charge in [-0.3, -0.25) is 9.69 Å². The molecule has 0 radical (unpaired) electrons. The maximum absolute atomic E-state index is 12.6. The molecule has 0 spiro atoms. The Morgan fingerprint density at radius 3 is 2.85 bits per heavy atom. The van der Waals surface area contributed by atoms with Crippen LogP contribution in [-0.2, 0) is 0 Å². The highest BCUT2D eigenvalue weighted by molar-refractivity contribution is 5.90. The molecule has 136 valence electrons. The van der Waals surface area contributed by atoms with Crippen LogP contribution < -0.4 is 5.32 Å². The second-order valence-corrected chi connectivity index (χ2v) is 6.67. The smallest absolute Gasteiger partial charge is 0.291 e. The first-order valence-corrected chi connectivity index (χ1v) is 8.88. The Bertz CT molecular complexity index is 911. The highest BCUT2D eigenvalue weighted by Gasteiger charge is 2.26. The normalized spacial score (nSPS) is 16.2. The molecule has 0 saturated carbocycles. The molecule has 8 nitrogen and oxygen atoms in total. The van der Waals surface area contributed by atoms with Gasteiger partial charge in [0.05, 0.1) is 12.3 Å². The lowest BCUT2D eigenvalue weighted by Crippen LogP contribution is -2.37. The summed E-state index contributed by atoms with van der Waals surface area (Å²) in [4.78, 5) is 23.5. The maximum Gasteiger partial charge on any atom is 0.291 e. The van der Waals surface area contributed by atoms with E-state index in [1.165, 1.54) is 12.8 Å². The van der Waals surface area contributed by atoms with E-state index in [9.17, 15) is 4.79 Å². The summed E-state index contributed by atoms with van der Waals surface area (Å²) in [5, 5.41) is 7.24. The molecule has 0 unspecified atom stereocenters. The molecular weight excluding hydrogens is 332 g/mol. The van der Waals surface area contributed by atoms with Gasteiger partial charge in [-0.1, -0.05) is 0 Å². The molecule has 4 heterocycles. The monoisotopic (exact) mass is 354 g/mol. The lowest BCUT2D eigenvalue weighted by molar-refractivity contribution is 0.0923. The van der Waals surface area contributed by atoms with E-state index in [-0.39, 0.29) is 17.8 Å². The minimum Gasteiger partial charge on any atom is -0.468 e. The average Bonchev–Trinajstić information content (AvgIpc) is 3.36. The molecule has 1 amide bonds. The molecule has 1 aliphatic heterocycles. The molecular formula is C18H22N6O2. The molecule has 0 aromatic carbocycles. The van der Waals surface area contributed by atoms with Crippen LogP contribution in [0.1, 0.15) is 46.7 Å². The van der Waals surface area contributed by atoms with Gasteiger partial charge in [0.15, 0.2) is 0 Å². The quantitative estimate of drug-likeness (QED) is 0.753. The first-order valence-electron chi connectivity index (χ1n) is 8.88. The molecule has 4 rings (SSSR count). The van der Waals surface area contributed by atoms with Crippen molar-refractivity contribution in [3.8, 4) is 0 Å². The molecule has 0 bridgehead atoms. The van der Waals surface area contributed by atoms with Gasteiger partial charge in [0.25, 0.3) is 11.7 Å². The van der Waals surface area contributed by atoms with E-state index in [1.54, 1.807) is 10.8 Å². The second-order valence-electron chi connectivity index (χ2n) is 6.67. The van der Waals surface area contributed by atoms with Gasteiger partial charge in [0.1, 0.15) is 5.76 Å². The zero-order valence-corrected chi connectivity index (χ0v) is 15.0. The van der Waals surface area contributed by atoms with Crippen molar-refractivity contribution in [3.63, 3.8) is 0 Å². The van der Waals surface area contributed by atoms with Crippen molar-refractivity contribution in [2.45, 2.75) is 32.7 Å². The van der Waals surface area contributed by atoms with Gasteiger partial charge in [-0.25, -0.2) is 9.50 Å². The molecule has 1 atom stereocenters. The summed E-state index contributed by atoms with van der Waals surface area (Å²) in [6.45, 7) is 6.28. The Balaban J connectivity index is 1.51. The van der Waals surface area contributed by atoms with Crippen molar-refractivity contribution in [3.05, 3.63) is 47.4 Å². The van der Waals surface area contributed by atoms with Crippen molar-refractivity contribution in [2.24, 2.45) is 0 Å². The number of nitrogens with zero attached hydrogens (tertiary/aromatic N) is 5. The lowest BCUT2D eigenvalue weighted by atomic mass is 10.2. The molecule has 1 N–H and O–H groups in total. The minimum absolute atomic E-state index is 0.0237. The Labute approximate surface area is 151 Å². The molecule has 3 aromatic rings. The number of aromatic nitrogens is 4. The first-order chi connectivity index (χ1) is 12.6. The van der Waals surface area contributed by atoms with Gasteiger partial charge in [-0.15, -0.1) is 5.10 Å². The number of likely N-dealkylation sites (tertiary alicyclic amines) is 1. The van der Waals surface area contributed by atoms with Crippen LogP contribution in [0.3, 0.4) is 0 Å². The standard InChI is InChI=1S/C18H22N6O2/c1-12-10-13(2)24-18(20-12)21-16(22-24)17(25)19-11-14(15-6-5-9-26-15)23-7-3-4-8-23/h5-6,9-10,14H,3-4,7-8,11H2,1-2H3,(H,19,25)/t14-/m0/s1. The summed E-state index contributed by atoms with van der Waals surface area (Å²) in [5.41, 5.74) is 1.74. The third kappa shape index (κ3) is 3.20. The van der Waals surface area contributed by atoms with Crippen LogP contribution in [0.15, 0.2) is 28.9 Å². The average molecular weight is 354 g/mol. The number of rotatable bonds is 5.